The molecule has 0 bridgehead atoms. The molecule has 0 unspecified atom stereocenters. The SMILES string of the molecule is Fc1cc(C(C2CC2)C2CC2)ccc1C(F)(F)F. The van der Waals surface area contributed by atoms with Crippen LogP contribution in [0, 0.1) is 17.7 Å². The maximum atomic E-state index is 13.6. The van der Waals surface area contributed by atoms with Crippen molar-refractivity contribution in [2.75, 3.05) is 0 Å². The topological polar surface area (TPSA) is 0 Å². The van der Waals surface area contributed by atoms with Crippen LogP contribution in [0.25, 0.3) is 0 Å². The predicted molar refractivity (Wildman–Crippen MR) is 59.6 cm³/mol. The molecule has 0 nitrogen and oxygen atoms in total. The first kappa shape index (κ1) is 12.0. The largest absolute Gasteiger partial charge is 0.419 e. The molecule has 0 N–H and O–H groups in total. The van der Waals surface area contributed by atoms with E-state index in [0.717, 1.165) is 43.4 Å². The zero-order valence-electron chi connectivity index (χ0n) is 9.80. The quantitative estimate of drug-likeness (QED) is 0.686. The van der Waals surface area contributed by atoms with Gasteiger partial charge in [0.05, 0.1) is 5.56 Å². The molecule has 0 aliphatic heterocycles. The van der Waals surface area contributed by atoms with Crippen molar-refractivity contribution in [2.24, 2.45) is 11.8 Å². The first-order valence-corrected chi connectivity index (χ1v) is 6.33. The molecule has 18 heavy (non-hydrogen) atoms. The Morgan fingerprint density at radius 1 is 1.00 bits per heavy atom. The van der Waals surface area contributed by atoms with Gasteiger partial charge in [0, 0.05) is 0 Å². The number of hydrogen-bond acceptors (Lipinski definition) is 0. The minimum Gasteiger partial charge on any atom is -0.206 e. The van der Waals surface area contributed by atoms with E-state index in [1.165, 1.54) is 6.07 Å². The Bertz CT molecular complexity index is 443. The van der Waals surface area contributed by atoms with Crippen LogP contribution in [-0.4, -0.2) is 0 Å². The molecule has 98 valence electrons. The molecule has 0 heterocycles. The van der Waals surface area contributed by atoms with Crippen molar-refractivity contribution in [1.82, 2.24) is 0 Å². The fourth-order valence-corrected chi connectivity index (χ4v) is 2.81. The van der Waals surface area contributed by atoms with Crippen molar-refractivity contribution in [3.8, 4) is 0 Å². The van der Waals surface area contributed by atoms with Crippen LogP contribution in [-0.2, 0) is 6.18 Å². The number of benzene rings is 1. The van der Waals surface area contributed by atoms with Gasteiger partial charge in [-0.3, -0.25) is 0 Å². The molecular weight excluding hydrogens is 244 g/mol. The monoisotopic (exact) mass is 258 g/mol. The van der Waals surface area contributed by atoms with Crippen LogP contribution in [0.2, 0.25) is 0 Å². The number of hydrogen-bond donors (Lipinski definition) is 0. The highest BCUT2D eigenvalue weighted by Crippen LogP contribution is 2.54. The lowest BCUT2D eigenvalue weighted by Gasteiger charge is -2.17. The molecule has 0 radical (unpaired) electrons. The van der Waals surface area contributed by atoms with Gasteiger partial charge in [0.2, 0.25) is 0 Å². The van der Waals surface area contributed by atoms with Gasteiger partial charge >= 0.3 is 6.18 Å². The molecule has 2 fully saturated rings. The summed E-state index contributed by atoms with van der Waals surface area (Å²) >= 11 is 0. The van der Waals surface area contributed by atoms with E-state index in [4.69, 9.17) is 0 Å². The van der Waals surface area contributed by atoms with Gasteiger partial charge in [-0.15, -0.1) is 0 Å². The number of halogens is 4. The van der Waals surface area contributed by atoms with Crippen LogP contribution in [0.15, 0.2) is 18.2 Å². The minimum atomic E-state index is -4.60. The second kappa shape index (κ2) is 3.97. The van der Waals surface area contributed by atoms with Crippen molar-refractivity contribution in [2.45, 2.75) is 37.8 Å². The average Bonchev–Trinajstić information content (AvgIpc) is 3.10. The van der Waals surface area contributed by atoms with Crippen LogP contribution in [0.4, 0.5) is 17.6 Å². The van der Waals surface area contributed by atoms with E-state index in [2.05, 4.69) is 0 Å². The lowest BCUT2D eigenvalue weighted by Crippen LogP contribution is -2.10. The predicted octanol–water partition coefficient (Wildman–Crippen LogP) is 4.75. The zero-order valence-corrected chi connectivity index (χ0v) is 9.80. The molecule has 0 atom stereocenters. The van der Waals surface area contributed by atoms with Gasteiger partial charge in [0.25, 0.3) is 0 Å². The molecule has 2 saturated carbocycles. The van der Waals surface area contributed by atoms with Crippen LogP contribution in [0.1, 0.15) is 42.7 Å². The highest BCUT2D eigenvalue weighted by Gasteiger charge is 2.43. The second-order valence-corrected chi connectivity index (χ2v) is 5.44. The number of alkyl halides is 3. The average molecular weight is 258 g/mol. The lowest BCUT2D eigenvalue weighted by atomic mass is 9.89. The summed E-state index contributed by atoms with van der Waals surface area (Å²) in [7, 11) is 0. The van der Waals surface area contributed by atoms with E-state index < -0.39 is 17.6 Å². The van der Waals surface area contributed by atoms with Crippen molar-refractivity contribution in [3.05, 3.63) is 35.1 Å². The van der Waals surface area contributed by atoms with Crippen molar-refractivity contribution >= 4 is 0 Å². The van der Waals surface area contributed by atoms with Gasteiger partial charge in [-0.1, -0.05) is 6.07 Å². The van der Waals surface area contributed by atoms with Crippen LogP contribution in [0.5, 0.6) is 0 Å². The van der Waals surface area contributed by atoms with Crippen molar-refractivity contribution < 1.29 is 17.6 Å². The molecule has 0 spiro atoms. The Kier molecular flexibility index (Phi) is 2.65. The Morgan fingerprint density at radius 3 is 1.94 bits per heavy atom. The summed E-state index contributed by atoms with van der Waals surface area (Å²) in [6, 6.07) is 3.46. The van der Waals surface area contributed by atoms with Gasteiger partial charge in [0.1, 0.15) is 5.82 Å². The fraction of sp³-hybridized carbons (Fsp3) is 0.571. The van der Waals surface area contributed by atoms with Crippen molar-refractivity contribution in [3.63, 3.8) is 0 Å². The third-order valence-corrected chi connectivity index (χ3v) is 3.94. The Hall–Kier alpha value is -1.06. The molecule has 0 aromatic heterocycles. The van der Waals surface area contributed by atoms with Crippen LogP contribution < -0.4 is 0 Å². The summed E-state index contributed by atoms with van der Waals surface area (Å²) in [5.74, 6) is 0.273. The first-order valence-electron chi connectivity index (χ1n) is 6.33. The third-order valence-electron chi connectivity index (χ3n) is 3.94. The molecular formula is C14H14F4. The van der Waals surface area contributed by atoms with Crippen LogP contribution in [0.3, 0.4) is 0 Å². The smallest absolute Gasteiger partial charge is 0.206 e. The summed E-state index contributed by atoms with van der Waals surface area (Å²) < 4.78 is 51.0. The molecule has 0 amide bonds. The normalized spacial score (nSPS) is 20.5. The second-order valence-electron chi connectivity index (χ2n) is 5.44. The summed E-state index contributed by atoms with van der Waals surface area (Å²) in [5.41, 5.74) is -0.401. The highest BCUT2D eigenvalue weighted by molar-refractivity contribution is 5.31. The Morgan fingerprint density at radius 2 is 1.56 bits per heavy atom. The first-order chi connectivity index (χ1) is 8.47. The molecule has 3 rings (SSSR count). The van der Waals surface area contributed by atoms with E-state index in [-0.39, 0.29) is 5.92 Å². The van der Waals surface area contributed by atoms with Gasteiger partial charge in [-0.05, 0) is 61.1 Å². The van der Waals surface area contributed by atoms with Gasteiger partial charge in [0.15, 0.2) is 0 Å². The molecule has 1 aromatic rings. The molecule has 0 saturated heterocycles. The fourth-order valence-electron chi connectivity index (χ4n) is 2.81. The van der Waals surface area contributed by atoms with E-state index >= 15 is 0 Å². The Labute approximate surface area is 103 Å². The molecule has 1 aromatic carbocycles. The Balaban J connectivity index is 1.91. The van der Waals surface area contributed by atoms with Gasteiger partial charge < -0.3 is 0 Å². The maximum absolute atomic E-state index is 13.6. The summed E-state index contributed by atoms with van der Waals surface area (Å²) in [5, 5.41) is 0. The summed E-state index contributed by atoms with van der Waals surface area (Å²) in [6.45, 7) is 0. The summed E-state index contributed by atoms with van der Waals surface area (Å²) in [6.07, 6.45) is -0.0848. The van der Waals surface area contributed by atoms with Gasteiger partial charge in [-0.2, -0.15) is 13.2 Å². The zero-order chi connectivity index (χ0) is 12.9. The van der Waals surface area contributed by atoms with E-state index in [0.29, 0.717) is 11.8 Å². The van der Waals surface area contributed by atoms with Crippen molar-refractivity contribution in [1.29, 1.82) is 0 Å². The third kappa shape index (κ3) is 2.25. The van der Waals surface area contributed by atoms with Crippen LogP contribution >= 0.6 is 0 Å². The van der Waals surface area contributed by atoms with E-state index in [1.54, 1.807) is 0 Å². The molecule has 2 aliphatic carbocycles. The standard InChI is InChI=1S/C14H14F4/c15-12-7-10(5-6-11(12)14(16,17)18)13(8-1-2-8)9-3-4-9/h5-9,13H,1-4H2. The molecule has 4 heteroatoms. The number of rotatable bonds is 3. The molecule has 2 aliphatic rings. The summed E-state index contributed by atoms with van der Waals surface area (Å²) in [4.78, 5) is 0. The van der Waals surface area contributed by atoms with E-state index in [1.807, 2.05) is 0 Å². The lowest BCUT2D eigenvalue weighted by molar-refractivity contribution is -0.140. The maximum Gasteiger partial charge on any atom is 0.419 e. The highest BCUT2D eigenvalue weighted by atomic mass is 19.4. The minimum absolute atomic E-state index is 0.279. The van der Waals surface area contributed by atoms with Gasteiger partial charge in [-0.25, -0.2) is 4.39 Å². The van der Waals surface area contributed by atoms with E-state index in [9.17, 15) is 17.6 Å².